The summed E-state index contributed by atoms with van der Waals surface area (Å²) in [6.45, 7) is 0. The van der Waals surface area contributed by atoms with E-state index in [-0.39, 0.29) is 0 Å². The smallest absolute Gasteiger partial charge is 0.0645 e. The molecule has 19 heavy (non-hydrogen) atoms. The van der Waals surface area contributed by atoms with E-state index in [1.165, 1.54) is 0 Å². The summed E-state index contributed by atoms with van der Waals surface area (Å²) in [5.41, 5.74) is 9.26. The van der Waals surface area contributed by atoms with Crippen LogP contribution in [0, 0.1) is 0 Å². The van der Waals surface area contributed by atoms with E-state index in [0.29, 0.717) is 10.7 Å². The molecule has 0 saturated carbocycles. The topological polar surface area (TPSA) is 43.8 Å². The van der Waals surface area contributed by atoms with Crippen LogP contribution < -0.4 is 5.73 Å². The van der Waals surface area contributed by atoms with Crippen molar-refractivity contribution in [2.24, 2.45) is 0 Å². The molecule has 2 N–H and O–H groups in total. The zero-order valence-electron chi connectivity index (χ0n) is 10.1. The first kappa shape index (κ1) is 11.8. The van der Waals surface area contributed by atoms with Crippen LogP contribution in [-0.4, -0.2) is 9.78 Å². The molecule has 3 rings (SSSR count). The highest BCUT2D eigenvalue weighted by atomic mass is 35.5. The molecule has 0 fully saturated rings. The van der Waals surface area contributed by atoms with E-state index in [1.807, 2.05) is 53.3 Å². The van der Waals surface area contributed by atoms with Gasteiger partial charge in [-0.25, -0.2) is 4.68 Å². The third-order valence-corrected chi connectivity index (χ3v) is 3.22. The number of hydrogen-bond donors (Lipinski definition) is 1. The summed E-state index contributed by atoms with van der Waals surface area (Å²) in [6.07, 6.45) is 3.75. The molecule has 4 heteroatoms. The number of benzene rings is 2. The number of nitrogens with zero attached hydrogens (tertiary/aromatic N) is 2. The molecule has 0 bridgehead atoms. The second-order valence-corrected chi connectivity index (χ2v) is 4.66. The second-order valence-electron chi connectivity index (χ2n) is 4.25. The van der Waals surface area contributed by atoms with Gasteiger partial charge in [-0.15, -0.1) is 0 Å². The highest BCUT2D eigenvalue weighted by Gasteiger charge is 2.07. The number of halogens is 1. The summed E-state index contributed by atoms with van der Waals surface area (Å²) in [6, 6.07) is 15.4. The van der Waals surface area contributed by atoms with E-state index in [1.54, 1.807) is 12.3 Å². The van der Waals surface area contributed by atoms with E-state index in [4.69, 9.17) is 17.3 Å². The van der Waals surface area contributed by atoms with Gasteiger partial charge in [0.05, 0.1) is 16.9 Å². The fourth-order valence-corrected chi connectivity index (χ4v) is 2.25. The quantitative estimate of drug-likeness (QED) is 0.720. The first-order valence-corrected chi connectivity index (χ1v) is 6.27. The van der Waals surface area contributed by atoms with E-state index < -0.39 is 0 Å². The van der Waals surface area contributed by atoms with Gasteiger partial charge in [0.2, 0.25) is 0 Å². The lowest BCUT2D eigenvalue weighted by molar-refractivity contribution is 0.881. The van der Waals surface area contributed by atoms with Gasteiger partial charge >= 0.3 is 0 Å². The van der Waals surface area contributed by atoms with Crippen LogP contribution in [0.3, 0.4) is 0 Å². The summed E-state index contributed by atoms with van der Waals surface area (Å²) in [5.74, 6) is 0. The molecule has 0 radical (unpaired) electrons. The highest BCUT2D eigenvalue weighted by molar-refractivity contribution is 6.33. The summed E-state index contributed by atoms with van der Waals surface area (Å²) < 4.78 is 1.82. The van der Waals surface area contributed by atoms with Crippen molar-refractivity contribution in [2.45, 2.75) is 0 Å². The van der Waals surface area contributed by atoms with Crippen LogP contribution in [-0.2, 0) is 0 Å². The predicted octanol–water partition coefficient (Wildman–Crippen LogP) is 3.77. The molecule has 0 spiro atoms. The number of anilines is 1. The van der Waals surface area contributed by atoms with Gasteiger partial charge < -0.3 is 5.73 Å². The van der Waals surface area contributed by atoms with Crippen molar-refractivity contribution in [1.82, 2.24) is 9.78 Å². The maximum absolute atomic E-state index is 6.20. The standard InChI is InChI=1S/C15H12ClN3/c16-15-8-12(17)6-7-14(15)11-9-18-19(10-11)13-4-2-1-3-5-13/h1-10H,17H2. The monoisotopic (exact) mass is 269 g/mol. The Kier molecular flexibility index (Phi) is 2.97. The van der Waals surface area contributed by atoms with Gasteiger partial charge in [0, 0.05) is 23.0 Å². The van der Waals surface area contributed by atoms with Crippen molar-refractivity contribution >= 4 is 17.3 Å². The molecule has 1 aromatic heterocycles. The molecule has 0 aliphatic heterocycles. The average molecular weight is 270 g/mol. The Morgan fingerprint density at radius 1 is 1.05 bits per heavy atom. The maximum atomic E-state index is 6.20. The lowest BCUT2D eigenvalue weighted by Crippen LogP contribution is -1.92. The van der Waals surface area contributed by atoms with Gasteiger partial charge in [-0.3, -0.25) is 0 Å². The van der Waals surface area contributed by atoms with Crippen LogP contribution >= 0.6 is 11.6 Å². The minimum Gasteiger partial charge on any atom is -0.399 e. The Hall–Kier alpha value is -2.26. The second kappa shape index (κ2) is 4.78. The van der Waals surface area contributed by atoms with Gasteiger partial charge in [0.1, 0.15) is 0 Å². The Morgan fingerprint density at radius 3 is 2.58 bits per heavy atom. The summed E-state index contributed by atoms with van der Waals surface area (Å²) in [5, 5.41) is 4.99. The number of para-hydroxylation sites is 1. The lowest BCUT2D eigenvalue weighted by atomic mass is 10.1. The van der Waals surface area contributed by atoms with Crippen LogP contribution in [0.5, 0.6) is 0 Å². The molecule has 0 saturated heterocycles. The zero-order valence-corrected chi connectivity index (χ0v) is 10.9. The van der Waals surface area contributed by atoms with Gasteiger partial charge in [0.15, 0.2) is 0 Å². The lowest BCUT2D eigenvalue weighted by Gasteiger charge is -2.02. The number of rotatable bonds is 2. The maximum Gasteiger partial charge on any atom is 0.0645 e. The van der Waals surface area contributed by atoms with E-state index >= 15 is 0 Å². The fourth-order valence-electron chi connectivity index (χ4n) is 1.95. The Labute approximate surface area is 116 Å². The van der Waals surface area contributed by atoms with Crippen molar-refractivity contribution in [3.63, 3.8) is 0 Å². The van der Waals surface area contributed by atoms with Crippen LogP contribution in [0.1, 0.15) is 0 Å². The average Bonchev–Trinajstić information content (AvgIpc) is 2.89. The molecule has 3 nitrogen and oxygen atoms in total. The van der Waals surface area contributed by atoms with Crippen LogP contribution in [0.2, 0.25) is 5.02 Å². The Balaban J connectivity index is 2.02. The summed E-state index contributed by atoms with van der Waals surface area (Å²) in [7, 11) is 0. The van der Waals surface area contributed by atoms with Crippen molar-refractivity contribution < 1.29 is 0 Å². The van der Waals surface area contributed by atoms with Gasteiger partial charge in [-0.1, -0.05) is 35.9 Å². The molecule has 0 atom stereocenters. The molecule has 0 aliphatic carbocycles. The van der Waals surface area contributed by atoms with E-state index in [2.05, 4.69) is 5.10 Å². The Morgan fingerprint density at radius 2 is 1.84 bits per heavy atom. The summed E-state index contributed by atoms with van der Waals surface area (Å²) in [4.78, 5) is 0. The summed E-state index contributed by atoms with van der Waals surface area (Å²) >= 11 is 6.20. The molecule has 0 amide bonds. The predicted molar refractivity (Wildman–Crippen MR) is 78.4 cm³/mol. The van der Waals surface area contributed by atoms with Crippen molar-refractivity contribution in [2.75, 3.05) is 5.73 Å². The Bertz CT molecular complexity index is 704. The van der Waals surface area contributed by atoms with Crippen LogP contribution in [0.15, 0.2) is 60.9 Å². The minimum atomic E-state index is 0.632. The van der Waals surface area contributed by atoms with Gasteiger partial charge in [0.25, 0.3) is 0 Å². The largest absolute Gasteiger partial charge is 0.399 e. The van der Waals surface area contributed by atoms with E-state index in [9.17, 15) is 0 Å². The van der Waals surface area contributed by atoms with Crippen LogP contribution in [0.25, 0.3) is 16.8 Å². The SMILES string of the molecule is Nc1ccc(-c2cnn(-c3ccccc3)c2)c(Cl)c1. The van der Waals surface area contributed by atoms with Crippen molar-refractivity contribution in [3.8, 4) is 16.8 Å². The third-order valence-electron chi connectivity index (χ3n) is 2.91. The first-order valence-electron chi connectivity index (χ1n) is 5.89. The van der Waals surface area contributed by atoms with Crippen molar-refractivity contribution in [1.29, 1.82) is 0 Å². The van der Waals surface area contributed by atoms with Gasteiger partial charge in [-0.05, 0) is 24.3 Å². The normalized spacial score (nSPS) is 10.6. The third kappa shape index (κ3) is 2.33. The fraction of sp³-hybridized carbons (Fsp3) is 0. The molecule has 1 heterocycles. The minimum absolute atomic E-state index is 0.632. The molecular formula is C15H12ClN3. The number of hydrogen-bond acceptors (Lipinski definition) is 2. The zero-order chi connectivity index (χ0) is 13.2. The molecule has 2 aromatic carbocycles. The van der Waals surface area contributed by atoms with E-state index in [0.717, 1.165) is 16.8 Å². The molecule has 0 aliphatic rings. The number of aromatic nitrogens is 2. The number of nitrogens with two attached hydrogens (primary N) is 1. The molecular weight excluding hydrogens is 258 g/mol. The molecule has 0 unspecified atom stereocenters. The van der Waals surface area contributed by atoms with Gasteiger partial charge in [-0.2, -0.15) is 5.10 Å². The first-order chi connectivity index (χ1) is 9.24. The molecule has 94 valence electrons. The highest BCUT2D eigenvalue weighted by Crippen LogP contribution is 2.29. The number of nitrogen functional groups attached to an aromatic ring is 1. The van der Waals surface area contributed by atoms with Crippen LogP contribution in [0.4, 0.5) is 5.69 Å². The molecule has 3 aromatic rings. The van der Waals surface area contributed by atoms with Crippen molar-refractivity contribution in [3.05, 3.63) is 65.9 Å².